The summed E-state index contributed by atoms with van der Waals surface area (Å²) >= 11 is 3.31. The molecule has 0 aromatic heterocycles. The Hall–Kier alpha value is -0.530. The van der Waals surface area contributed by atoms with Gasteiger partial charge in [0.15, 0.2) is 0 Å². The van der Waals surface area contributed by atoms with Crippen molar-refractivity contribution in [2.75, 3.05) is 20.3 Å². The van der Waals surface area contributed by atoms with Gasteiger partial charge in [0.2, 0.25) is 0 Å². The lowest BCUT2D eigenvalue weighted by Gasteiger charge is -2.42. The summed E-state index contributed by atoms with van der Waals surface area (Å²) in [6, 6.07) is 4.77. The van der Waals surface area contributed by atoms with Crippen molar-refractivity contribution in [3.05, 3.63) is 34.1 Å². The summed E-state index contributed by atoms with van der Waals surface area (Å²) in [6.07, 6.45) is 2.14. The maximum Gasteiger partial charge on any atom is 0.124 e. The van der Waals surface area contributed by atoms with Crippen LogP contribution in [0.4, 0.5) is 4.39 Å². The number of rotatable bonds is 5. The van der Waals surface area contributed by atoms with Gasteiger partial charge in [-0.2, -0.15) is 0 Å². The number of methoxy groups -OCH3 is 1. The fourth-order valence-corrected chi connectivity index (χ4v) is 3.29. The Kier molecular flexibility index (Phi) is 5.51. The van der Waals surface area contributed by atoms with E-state index in [0.29, 0.717) is 19.6 Å². The molecule has 0 spiro atoms. The van der Waals surface area contributed by atoms with Crippen molar-refractivity contribution in [1.82, 2.24) is 5.43 Å². The Bertz CT molecular complexity index is 433. The Morgan fingerprint density at radius 1 is 1.45 bits per heavy atom. The van der Waals surface area contributed by atoms with Crippen LogP contribution in [0.2, 0.25) is 0 Å². The number of halogens is 2. The molecule has 2 rings (SSSR count). The zero-order chi connectivity index (χ0) is 14.6. The summed E-state index contributed by atoms with van der Waals surface area (Å²) in [5.41, 5.74) is 3.34. The monoisotopic (exact) mass is 346 g/mol. The average Bonchev–Trinajstić information content (AvgIpc) is 2.44. The van der Waals surface area contributed by atoms with Crippen molar-refractivity contribution in [3.63, 3.8) is 0 Å². The highest BCUT2D eigenvalue weighted by molar-refractivity contribution is 9.10. The number of hydrogen-bond donors (Lipinski definition) is 2. The molecule has 3 N–H and O–H groups in total. The van der Waals surface area contributed by atoms with Crippen LogP contribution >= 0.6 is 15.9 Å². The molecular formula is C14H20BrFN2O2. The van der Waals surface area contributed by atoms with Crippen LogP contribution in [0.1, 0.15) is 18.4 Å². The zero-order valence-corrected chi connectivity index (χ0v) is 13.1. The van der Waals surface area contributed by atoms with E-state index in [4.69, 9.17) is 15.3 Å². The van der Waals surface area contributed by atoms with E-state index in [1.54, 1.807) is 7.11 Å². The van der Waals surface area contributed by atoms with Gasteiger partial charge in [-0.05, 0) is 30.2 Å². The minimum absolute atomic E-state index is 0.0925. The van der Waals surface area contributed by atoms with Crippen LogP contribution in [0.5, 0.6) is 0 Å². The lowest BCUT2D eigenvalue weighted by molar-refractivity contribution is -0.110. The lowest BCUT2D eigenvalue weighted by atomic mass is 9.83. The van der Waals surface area contributed by atoms with Gasteiger partial charge in [0.1, 0.15) is 5.82 Å². The molecule has 4 nitrogen and oxygen atoms in total. The van der Waals surface area contributed by atoms with Crippen molar-refractivity contribution in [1.29, 1.82) is 0 Å². The fraction of sp³-hybridized carbons (Fsp3) is 0.571. The van der Waals surface area contributed by atoms with Crippen molar-refractivity contribution in [2.24, 2.45) is 5.84 Å². The molecule has 0 bridgehead atoms. The second-order valence-electron chi connectivity index (χ2n) is 5.08. The van der Waals surface area contributed by atoms with E-state index in [9.17, 15) is 4.39 Å². The number of benzene rings is 1. The Morgan fingerprint density at radius 3 is 2.70 bits per heavy atom. The molecule has 0 aliphatic carbocycles. The van der Waals surface area contributed by atoms with Gasteiger partial charge >= 0.3 is 0 Å². The van der Waals surface area contributed by atoms with Crippen LogP contribution in [0.15, 0.2) is 22.7 Å². The van der Waals surface area contributed by atoms with Gasteiger partial charge in [-0.3, -0.25) is 11.3 Å². The van der Waals surface area contributed by atoms with E-state index >= 15 is 0 Å². The molecule has 0 saturated carbocycles. The second-order valence-corrected chi connectivity index (χ2v) is 6.00. The molecule has 6 heteroatoms. The third-order valence-electron chi connectivity index (χ3n) is 3.94. The van der Waals surface area contributed by atoms with Crippen molar-refractivity contribution < 1.29 is 13.9 Å². The standard InChI is InChI=1S/C14H20BrFN2O2/c1-19-14(2-4-20-5-3-14)13(18-17)8-10-6-11(15)9-12(16)7-10/h6-7,9,13,18H,2-5,8,17H2,1H3. The summed E-state index contributed by atoms with van der Waals surface area (Å²) in [5.74, 6) is 5.45. The smallest absolute Gasteiger partial charge is 0.124 e. The molecule has 1 fully saturated rings. The van der Waals surface area contributed by atoms with Gasteiger partial charge in [-0.1, -0.05) is 15.9 Å². The van der Waals surface area contributed by atoms with Crippen LogP contribution < -0.4 is 11.3 Å². The first-order valence-electron chi connectivity index (χ1n) is 6.63. The maximum absolute atomic E-state index is 13.5. The first-order chi connectivity index (χ1) is 9.59. The second kappa shape index (κ2) is 6.95. The van der Waals surface area contributed by atoms with Crippen LogP contribution in [-0.4, -0.2) is 32.0 Å². The molecule has 1 unspecified atom stereocenters. The third kappa shape index (κ3) is 3.56. The Morgan fingerprint density at radius 2 is 2.15 bits per heavy atom. The number of ether oxygens (including phenoxy) is 2. The fourth-order valence-electron chi connectivity index (χ4n) is 2.77. The van der Waals surface area contributed by atoms with E-state index in [1.165, 1.54) is 12.1 Å². The molecule has 0 amide bonds. The van der Waals surface area contributed by atoms with Gasteiger partial charge < -0.3 is 9.47 Å². The van der Waals surface area contributed by atoms with Gasteiger partial charge in [-0.25, -0.2) is 4.39 Å². The topological polar surface area (TPSA) is 56.5 Å². The SMILES string of the molecule is COC1(C(Cc2cc(F)cc(Br)c2)NN)CCOCC1. The van der Waals surface area contributed by atoms with Crippen molar-refractivity contribution >= 4 is 15.9 Å². The molecule has 1 saturated heterocycles. The largest absolute Gasteiger partial charge is 0.381 e. The lowest BCUT2D eigenvalue weighted by Crippen LogP contribution is -2.58. The number of hydrogen-bond acceptors (Lipinski definition) is 4. The molecule has 1 aromatic rings. The predicted octanol–water partition coefficient (Wildman–Crippen LogP) is 2.16. The minimum Gasteiger partial charge on any atom is -0.381 e. The summed E-state index contributed by atoms with van der Waals surface area (Å²) in [6.45, 7) is 1.30. The van der Waals surface area contributed by atoms with Gasteiger partial charge in [0.25, 0.3) is 0 Å². The first-order valence-corrected chi connectivity index (χ1v) is 7.43. The molecule has 1 aliphatic rings. The highest BCUT2D eigenvalue weighted by Crippen LogP contribution is 2.30. The molecule has 1 heterocycles. The third-order valence-corrected chi connectivity index (χ3v) is 4.40. The Labute approximate surface area is 126 Å². The van der Waals surface area contributed by atoms with Gasteiger partial charge in [-0.15, -0.1) is 0 Å². The van der Waals surface area contributed by atoms with E-state index in [0.717, 1.165) is 22.9 Å². The molecule has 112 valence electrons. The number of nitrogens with one attached hydrogen (secondary N) is 1. The normalized spacial score (nSPS) is 19.8. The molecular weight excluding hydrogens is 327 g/mol. The molecule has 1 atom stereocenters. The quantitative estimate of drug-likeness (QED) is 0.633. The molecule has 1 aliphatic heterocycles. The maximum atomic E-state index is 13.5. The summed E-state index contributed by atoms with van der Waals surface area (Å²) in [4.78, 5) is 0. The minimum atomic E-state index is -0.369. The highest BCUT2D eigenvalue weighted by Gasteiger charge is 2.40. The summed E-state index contributed by atoms with van der Waals surface area (Å²) in [5, 5.41) is 0. The highest BCUT2D eigenvalue weighted by atomic mass is 79.9. The number of nitrogens with two attached hydrogens (primary N) is 1. The van der Waals surface area contributed by atoms with E-state index in [2.05, 4.69) is 21.4 Å². The van der Waals surface area contributed by atoms with E-state index in [1.807, 2.05) is 6.07 Å². The van der Waals surface area contributed by atoms with Crippen LogP contribution in [0.25, 0.3) is 0 Å². The first kappa shape index (κ1) is 15.9. The molecule has 1 aromatic carbocycles. The van der Waals surface area contributed by atoms with Crippen molar-refractivity contribution in [2.45, 2.75) is 30.9 Å². The van der Waals surface area contributed by atoms with Crippen molar-refractivity contribution in [3.8, 4) is 0 Å². The van der Waals surface area contributed by atoms with Crippen LogP contribution in [0, 0.1) is 5.82 Å². The summed E-state index contributed by atoms with van der Waals surface area (Å²) < 4.78 is 25.3. The predicted molar refractivity (Wildman–Crippen MR) is 78.7 cm³/mol. The van der Waals surface area contributed by atoms with E-state index < -0.39 is 0 Å². The summed E-state index contributed by atoms with van der Waals surface area (Å²) in [7, 11) is 1.69. The van der Waals surface area contributed by atoms with Crippen LogP contribution in [-0.2, 0) is 15.9 Å². The van der Waals surface area contributed by atoms with E-state index in [-0.39, 0.29) is 17.5 Å². The molecule has 20 heavy (non-hydrogen) atoms. The van der Waals surface area contributed by atoms with Gasteiger partial charge in [0, 0.05) is 37.6 Å². The average molecular weight is 347 g/mol. The Balaban J connectivity index is 2.18. The number of hydrazine groups is 1. The molecule has 0 radical (unpaired) electrons. The van der Waals surface area contributed by atoms with Gasteiger partial charge in [0.05, 0.1) is 11.6 Å². The van der Waals surface area contributed by atoms with Crippen LogP contribution in [0.3, 0.4) is 0 Å². The zero-order valence-electron chi connectivity index (χ0n) is 11.5.